The standard InChI is InChI=1S/C22H25N3O2S/c1-15-10-11-19(27-2)22-16(15)7-6-12-24(22)21(26)13-25-18-9-5-4-8-17(18)23-20(25)14-28-3/h4-5,8-11H,6-7,12-14H2,1-3H3. The molecule has 1 aliphatic rings. The summed E-state index contributed by atoms with van der Waals surface area (Å²) in [6, 6.07) is 12.1. The Morgan fingerprint density at radius 1 is 1.25 bits per heavy atom. The molecule has 0 N–H and O–H groups in total. The highest BCUT2D eigenvalue weighted by Crippen LogP contribution is 2.38. The number of carbonyl (C=O) groups is 1. The van der Waals surface area contributed by atoms with Gasteiger partial charge in [0.25, 0.3) is 0 Å². The molecule has 0 saturated carbocycles. The van der Waals surface area contributed by atoms with E-state index in [4.69, 9.17) is 9.72 Å². The van der Waals surface area contributed by atoms with Crippen LogP contribution in [0.2, 0.25) is 0 Å². The number of carbonyl (C=O) groups excluding carboxylic acids is 1. The summed E-state index contributed by atoms with van der Waals surface area (Å²) in [6.07, 6.45) is 4.00. The summed E-state index contributed by atoms with van der Waals surface area (Å²) in [6.45, 7) is 3.11. The zero-order valence-electron chi connectivity index (χ0n) is 16.6. The van der Waals surface area contributed by atoms with Crippen molar-refractivity contribution in [3.05, 3.63) is 53.3 Å². The van der Waals surface area contributed by atoms with Gasteiger partial charge in [-0.05, 0) is 55.3 Å². The number of imidazole rings is 1. The number of hydrogen-bond acceptors (Lipinski definition) is 4. The summed E-state index contributed by atoms with van der Waals surface area (Å²) in [5.74, 6) is 2.57. The topological polar surface area (TPSA) is 47.4 Å². The van der Waals surface area contributed by atoms with Crippen molar-refractivity contribution in [2.24, 2.45) is 0 Å². The molecule has 2 heterocycles. The van der Waals surface area contributed by atoms with Gasteiger partial charge in [0.15, 0.2) is 0 Å². The van der Waals surface area contributed by atoms with Crippen molar-refractivity contribution < 1.29 is 9.53 Å². The second kappa shape index (κ2) is 7.87. The first-order valence-corrected chi connectivity index (χ1v) is 10.9. The van der Waals surface area contributed by atoms with Crippen molar-refractivity contribution in [3.8, 4) is 5.75 Å². The van der Waals surface area contributed by atoms with Crippen LogP contribution < -0.4 is 9.64 Å². The van der Waals surface area contributed by atoms with E-state index >= 15 is 0 Å². The van der Waals surface area contributed by atoms with Crippen molar-refractivity contribution in [3.63, 3.8) is 0 Å². The summed E-state index contributed by atoms with van der Waals surface area (Å²) in [5.41, 5.74) is 5.32. The molecule has 2 aromatic carbocycles. The Bertz CT molecular complexity index is 1030. The maximum Gasteiger partial charge on any atom is 0.247 e. The van der Waals surface area contributed by atoms with E-state index < -0.39 is 0 Å². The number of benzene rings is 2. The van der Waals surface area contributed by atoms with Crippen LogP contribution in [0.25, 0.3) is 11.0 Å². The molecule has 3 aromatic rings. The summed E-state index contributed by atoms with van der Waals surface area (Å²) < 4.78 is 7.66. The third-order valence-electron chi connectivity index (χ3n) is 5.38. The number of para-hydroxylation sites is 2. The van der Waals surface area contributed by atoms with Gasteiger partial charge in [-0.15, -0.1) is 0 Å². The van der Waals surface area contributed by atoms with E-state index in [9.17, 15) is 4.79 Å². The lowest BCUT2D eigenvalue weighted by molar-refractivity contribution is -0.119. The number of amides is 1. The van der Waals surface area contributed by atoms with Crippen molar-refractivity contribution in [1.82, 2.24) is 9.55 Å². The lowest BCUT2D eigenvalue weighted by atomic mass is 9.96. The Kier molecular flexibility index (Phi) is 5.31. The zero-order valence-corrected chi connectivity index (χ0v) is 17.4. The average Bonchev–Trinajstić information content (AvgIpc) is 3.05. The molecule has 0 atom stereocenters. The normalized spacial score (nSPS) is 13.6. The second-order valence-corrected chi connectivity index (χ2v) is 7.96. The van der Waals surface area contributed by atoms with E-state index in [-0.39, 0.29) is 12.5 Å². The highest BCUT2D eigenvalue weighted by Gasteiger charge is 2.28. The van der Waals surface area contributed by atoms with Crippen LogP contribution in [-0.2, 0) is 23.5 Å². The second-order valence-electron chi connectivity index (χ2n) is 7.10. The fourth-order valence-electron chi connectivity index (χ4n) is 4.03. The molecular formula is C22H25N3O2S. The Morgan fingerprint density at radius 2 is 2.07 bits per heavy atom. The molecule has 1 aromatic heterocycles. The van der Waals surface area contributed by atoms with Gasteiger partial charge in [-0.25, -0.2) is 4.98 Å². The number of aromatic nitrogens is 2. The van der Waals surface area contributed by atoms with Gasteiger partial charge in [-0.1, -0.05) is 18.2 Å². The number of methoxy groups -OCH3 is 1. The molecule has 4 rings (SSSR count). The molecule has 28 heavy (non-hydrogen) atoms. The van der Waals surface area contributed by atoms with Gasteiger partial charge in [0.1, 0.15) is 18.1 Å². The minimum atomic E-state index is 0.0790. The fraction of sp³-hybridized carbons (Fsp3) is 0.364. The minimum Gasteiger partial charge on any atom is -0.495 e. The Morgan fingerprint density at radius 3 is 2.86 bits per heavy atom. The molecule has 1 aliphatic heterocycles. The Labute approximate surface area is 169 Å². The summed E-state index contributed by atoms with van der Waals surface area (Å²) >= 11 is 1.72. The van der Waals surface area contributed by atoms with Crippen molar-refractivity contribution in [2.75, 3.05) is 24.8 Å². The van der Waals surface area contributed by atoms with Gasteiger partial charge in [0.05, 0.1) is 29.6 Å². The van der Waals surface area contributed by atoms with Crippen molar-refractivity contribution in [1.29, 1.82) is 0 Å². The number of anilines is 1. The largest absolute Gasteiger partial charge is 0.495 e. The molecule has 146 valence electrons. The van der Waals surface area contributed by atoms with E-state index in [2.05, 4.69) is 23.8 Å². The number of rotatable bonds is 5. The van der Waals surface area contributed by atoms with Gasteiger partial charge >= 0.3 is 0 Å². The van der Waals surface area contributed by atoms with E-state index in [0.29, 0.717) is 0 Å². The zero-order chi connectivity index (χ0) is 19.7. The maximum atomic E-state index is 13.4. The third-order valence-corrected chi connectivity index (χ3v) is 5.93. The van der Waals surface area contributed by atoms with Gasteiger partial charge in [0.2, 0.25) is 5.91 Å². The van der Waals surface area contributed by atoms with Gasteiger partial charge in [0, 0.05) is 6.54 Å². The highest BCUT2D eigenvalue weighted by molar-refractivity contribution is 7.97. The molecule has 0 fully saturated rings. The first kappa shape index (κ1) is 18.9. The highest BCUT2D eigenvalue weighted by atomic mass is 32.2. The van der Waals surface area contributed by atoms with Crippen molar-refractivity contribution in [2.45, 2.75) is 32.1 Å². The number of fused-ring (bicyclic) bond motifs is 2. The summed E-state index contributed by atoms with van der Waals surface area (Å²) in [5, 5.41) is 0. The smallest absolute Gasteiger partial charge is 0.247 e. The van der Waals surface area contributed by atoms with Crippen LogP contribution in [0.5, 0.6) is 5.75 Å². The number of nitrogens with zero attached hydrogens (tertiary/aromatic N) is 3. The first-order valence-electron chi connectivity index (χ1n) is 9.54. The molecule has 0 bridgehead atoms. The predicted molar refractivity (Wildman–Crippen MR) is 115 cm³/mol. The maximum absolute atomic E-state index is 13.4. The molecule has 6 heteroatoms. The van der Waals surface area contributed by atoms with Crippen LogP contribution in [0, 0.1) is 6.92 Å². The number of aryl methyl sites for hydroxylation is 1. The van der Waals surface area contributed by atoms with Crippen molar-refractivity contribution >= 4 is 34.4 Å². The molecule has 0 radical (unpaired) electrons. The van der Waals surface area contributed by atoms with Crippen LogP contribution in [-0.4, -0.2) is 35.4 Å². The Balaban J connectivity index is 1.73. The minimum absolute atomic E-state index is 0.0790. The number of ether oxygens (including phenoxy) is 1. The molecular weight excluding hydrogens is 370 g/mol. The predicted octanol–water partition coefficient (Wildman–Crippen LogP) is 4.20. The molecule has 5 nitrogen and oxygen atoms in total. The number of thioether (sulfide) groups is 1. The SMILES string of the molecule is COc1ccc(C)c2c1N(C(=O)Cn1c(CSC)nc3ccccc31)CCC2. The average molecular weight is 396 g/mol. The van der Waals surface area contributed by atoms with Crippen LogP contribution in [0.15, 0.2) is 36.4 Å². The number of hydrogen-bond donors (Lipinski definition) is 0. The van der Waals surface area contributed by atoms with E-state index in [0.717, 1.165) is 53.4 Å². The van der Waals surface area contributed by atoms with Gasteiger partial charge < -0.3 is 14.2 Å². The van der Waals surface area contributed by atoms with Crippen LogP contribution in [0.3, 0.4) is 0 Å². The molecule has 0 aliphatic carbocycles. The molecule has 1 amide bonds. The van der Waals surface area contributed by atoms with E-state index in [1.165, 1.54) is 11.1 Å². The monoisotopic (exact) mass is 395 g/mol. The molecule has 0 unspecified atom stereocenters. The van der Waals surface area contributed by atoms with E-state index in [1.54, 1.807) is 18.9 Å². The fourth-order valence-corrected chi connectivity index (χ4v) is 4.51. The van der Waals surface area contributed by atoms with Gasteiger partial charge in [-0.3, -0.25) is 4.79 Å². The Hall–Kier alpha value is -2.47. The molecule has 0 spiro atoms. The van der Waals surface area contributed by atoms with Crippen LogP contribution in [0.1, 0.15) is 23.4 Å². The lowest BCUT2D eigenvalue weighted by Gasteiger charge is -2.32. The quantitative estimate of drug-likeness (QED) is 0.650. The first-order chi connectivity index (χ1) is 13.6. The van der Waals surface area contributed by atoms with E-state index in [1.807, 2.05) is 35.2 Å². The summed E-state index contributed by atoms with van der Waals surface area (Å²) in [4.78, 5) is 20.1. The van der Waals surface area contributed by atoms with Crippen LogP contribution >= 0.6 is 11.8 Å². The summed E-state index contributed by atoms with van der Waals surface area (Å²) in [7, 11) is 1.67. The third kappa shape index (κ3) is 3.26. The van der Waals surface area contributed by atoms with Crippen LogP contribution in [0.4, 0.5) is 5.69 Å². The van der Waals surface area contributed by atoms with Gasteiger partial charge in [-0.2, -0.15) is 11.8 Å². The lowest BCUT2D eigenvalue weighted by Crippen LogP contribution is -2.38. The molecule has 0 saturated heterocycles.